The van der Waals surface area contributed by atoms with Gasteiger partial charge in [0.05, 0.1) is 12.7 Å². The van der Waals surface area contributed by atoms with Gasteiger partial charge in [-0.15, -0.1) is 6.58 Å². The number of benzene rings is 2. The van der Waals surface area contributed by atoms with Crippen molar-refractivity contribution in [2.75, 3.05) is 19.0 Å². The zero-order chi connectivity index (χ0) is 16.4. The van der Waals surface area contributed by atoms with Crippen LogP contribution in [-0.2, 0) is 0 Å². The van der Waals surface area contributed by atoms with Gasteiger partial charge >= 0.3 is 0 Å². The largest absolute Gasteiger partial charge is 0.504 e. The lowest BCUT2D eigenvalue weighted by Gasteiger charge is -2.37. The SMILES string of the molecule is C=CCN1C(=O)c2ccccc2N[C@H]1c1cccc(OC)c1O. The predicted molar refractivity (Wildman–Crippen MR) is 88.7 cm³/mol. The molecule has 23 heavy (non-hydrogen) atoms. The number of methoxy groups -OCH3 is 1. The molecular formula is C18H18N2O3. The number of hydrogen-bond acceptors (Lipinski definition) is 4. The summed E-state index contributed by atoms with van der Waals surface area (Å²) in [6.07, 6.45) is 1.17. The quantitative estimate of drug-likeness (QED) is 0.852. The van der Waals surface area contributed by atoms with Crippen molar-refractivity contribution >= 4 is 11.6 Å². The van der Waals surface area contributed by atoms with E-state index >= 15 is 0 Å². The van der Waals surface area contributed by atoms with Gasteiger partial charge in [-0.05, 0) is 18.2 Å². The number of phenolic OH excluding ortho intramolecular Hbond substituents is 1. The number of phenols is 1. The third-order valence-corrected chi connectivity index (χ3v) is 3.89. The molecule has 1 aliphatic rings. The van der Waals surface area contributed by atoms with E-state index in [-0.39, 0.29) is 11.7 Å². The van der Waals surface area contributed by atoms with E-state index < -0.39 is 6.17 Å². The summed E-state index contributed by atoms with van der Waals surface area (Å²) in [6.45, 7) is 4.08. The van der Waals surface area contributed by atoms with Crippen LogP contribution in [0.25, 0.3) is 0 Å². The van der Waals surface area contributed by atoms with Gasteiger partial charge in [0.1, 0.15) is 6.17 Å². The molecule has 0 aromatic heterocycles. The Kier molecular flexibility index (Phi) is 3.93. The molecule has 0 fully saturated rings. The molecule has 0 radical (unpaired) electrons. The fourth-order valence-corrected chi connectivity index (χ4v) is 2.79. The average Bonchev–Trinajstić information content (AvgIpc) is 2.58. The first kappa shape index (κ1) is 15.0. The fraction of sp³-hybridized carbons (Fsp3) is 0.167. The Balaban J connectivity index is 2.10. The molecule has 1 amide bonds. The maximum absolute atomic E-state index is 12.8. The highest BCUT2D eigenvalue weighted by Crippen LogP contribution is 2.39. The van der Waals surface area contributed by atoms with Crippen LogP contribution in [0, 0.1) is 0 Å². The summed E-state index contributed by atoms with van der Waals surface area (Å²) in [6, 6.07) is 12.6. The van der Waals surface area contributed by atoms with Crippen LogP contribution in [0.1, 0.15) is 22.1 Å². The zero-order valence-corrected chi connectivity index (χ0v) is 12.8. The molecule has 5 heteroatoms. The number of para-hydroxylation sites is 2. The van der Waals surface area contributed by atoms with Crippen molar-refractivity contribution in [3.8, 4) is 11.5 Å². The van der Waals surface area contributed by atoms with Crippen LogP contribution in [0.2, 0.25) is 0 Å². The van der Waals surface area contributed by atoms with Gasteiger partial charge in [0, 0.05) is 17.8 Å². The molecule has 0 bridgehead atoms. The first-order valence-corrected chi connectivity index (χ1v) is 7.30. The van der Waals surface area contributed by atoms with Crippen molar-refractivity contribution in [3.63, 3.8) is 0 Å². The van der Waals surface area contributed by atoms with Gasteiger partial charge in [-0.3, -0.25) is 4.79 Å². The maximum atomic E-state index is 12.8. The number of amides is 1. The highest BCUT2D eigenvalue weighted by molar-refractivity contribution is 6.01. The van der Waals surface area contributed by atoms with E-state index in [9.17, 15) is 9.90 Å². The second kappa shape index (κ2) is 6.04. The number of ether oxygens (including phenoxy) is 1. The van der Waals surface area contributed by atoms with Crippen LogP contribution in [0.4, 0.5) is 5.69 Å². The number of fused-ring (bicyclic) bond motifs is 1. The van der Waals surface area contributed by atoms with Crippen molar-refractivity contribution in [1.82, 2.24) is 4.90 Å². The Morgan fingerprint density at radius 3 is 2.83 bits per heavy atom. The minimum atomic E-state index is -0.495. The Morgan fingerprint density at radius 2 is 2.09 bits per heavy atom. The minimum Gasteiger partial charge on any atom is -0.504 e. The molecule has 0 saturated heterocycles. The number of carbonyl (C=O) groups excluding carboxylic acids is 1. The van der Waals surface area contributed by atoms with E-state index in [0.29, 0.717) is 23.4 Å². The van der Waals surface area contributed by atoms with Crippen LogP contribution in [0.5, 0.6) is 11.5 Å². The Bertz CT molecular complexity index is 758. The monoisotopic (exact) mass is 310 g/mol. The van der Waals surface area contributed by atoms with Crippen molar-refractivity contribution in [3.05, 3.63) is 66.2 Å². The lowest BCUT2D eigenvalue weighted by molar-refractivity contribution is 0.0705. The fourth-order valence-electron chi connectivity index (χ4n) is 2.79. The summed E-state index contributed by atoms with van der Waals surface area (Å²) in [5, 5.41) is 13.7. The lowest BCUT2D eigenvalue weighted by Crippen LogP contribution is -2.43. The standard InChI is InChI=1S/C18H18N2O3/c1-3-11-20-17(13-8-6-10-15(23-2)16(13)21)19-14-9-5-4-7-12(14)18(20)22/h3-10,17,19,21H,1,11H2,2H3/t17-/m1/s1. The zero-order valence-electron chi connectivity index (χ0n) is 12.8. The van der Waals surface area contributed by atoms with Crippen molar-refractivity contribution in [2.24, 2.45) is 0 Å². The maximum Gasteiger partial charge on any atom is 0.258 e. The predicted octanol–water partition coefficient (Wildman–Crippen LogP) is 3.15. The van der Waals surface area contributed by atoms with Crippen LogP contribution in [0.15, 0.2) is 55.1 Å². The van der Waals surface area contributed by atoms with Gasteiger partial charge in [0.2, 0.25) is 0 Å². The molecular weight excluding hydrogens is 292 g/mol. The lowest BCUT2D eigenvalue weighted by atomic mass is 10.0. The summed E-state index contributed by atoms with van der Waals surface area (Å²) >= 11 is 0. The highest BCUT2D eigenvalue weighted by atomic mass is 16.5. The van der Waals surface area contributed by atoms with Gasteiger partial charge in [-0.25, -0.2) is 0 Å². The Labute approximate surface area is 134 Å². The molecule has 0 aliphatic carbocycles. The van der Waals surface area contributed by atoms with E-state index in [0.717, 1.165) is 5.69 Å². The summed E-state index contributed by atoms with van der Waals surface area (Å²) in [5.74, 6) is 0.286. The molecule has 2 aromatic rings. The Morgan fingerprint density at radius 1 is 1.30 bits per heavy atom. The molecule has 2 aromatic carbocycles. The van der Waals surface area contributed by atoms with E-state index in [2.05, 4.69) is 11.9 Å². The Hall–Kier alpha value is -2.95. The number of nitrogens with zero attached hydrogens (tertiary/aromatic N) is 1. The molecule has 5 nitrogen and oxygen atoms in total. The highest BCUT2D eigenvalue weighted by Gasteiger charge is 2.33. The van der Waals surface area contributed by atoms with Gasteiger partial charge in [0.25, 0.3) is 5.91 Å². The number of rotatable bonds is 4. The average molecular weight is 310 g/mol. The minimum absolute atomic E-state index is 0.0220. The van der Waals surface area contributed by atoms with E-state index in [1.807, 2.05) is 18.2 Å². The van der Waals surface area contributed by atoms with E-state index in [1.54, 1.807) is 35.2 Å². The molecule has 1 atom stereocenters. The van der Waals surface area contributed by atoms with Crippen molar-refractivity contribution < 1.29 is 14.6 Å². The number of carbonyl (C=O) groups is 1. The third kappa shape index (κ3) is 2.50. The summed E-state index contributed by atoms with van der Waals surface area (Å²) in [4.78, 5) is 14.4. The molecule has 2 N–H and O–H groups in total. The molecule has 0 saturated carbocycles. The summed E-state index contributed by atoms with van der Waals surface area (Å²) in [5.41, 5.74) is 1.92. The van der Waals surface area contributed by atoms with Gasteiger partial charge < -0.3 is 20.1 Å². The van der Waals surface area contributed by atoms with E-state index in [4.69, 9.17) is 4.74 Å². The van der Waals surface area contributed by atoms with Crippen LogP contribution >= 0.6 is 0 Å². The van der Waals surface area contributed by atoms with Crippen molar-refractivity contribution in [1.29, 1.82) is 0 Å². The number of aromatic hydroxyl groups is 1. The number of hydrogen-bond donors (Lipinski definition) is 2. The topological polar surface area (TPSA) is 61.8 Å². The third-order valence-electron chi connectivity index (χ3n) is 3.89. The molecule has 0 spiro atoms. The smallest absolute Gasteiger partial charge is 0.258 e. The van der Waals surface area contributed by atoms with Crippen LogP contribution in [-0.4, -0.2) is 29.6 Å². The first-order valence-electron chi connectivity index (χ1n) is 7.30. The normalized spacial score (nSPS) is 16.5. The molecule has 1 aliphatic heterocycles. The second-order valence-corrected chi connectivity index (χ2v) is 5.24. The summed E-state index contributed by atoms with van der Waals surface area (Å²) in [7, 11) is 1.50. The number of nitrogens with one attached hydrogen (secondary N) is 1. The number of anilines is 1. The molecule has 3 rings (SSSR count). The van der Waals surface area contributed by atoms with Gasteiger partial charge in [0.15, 0.2) is 11.5 Å². The van der Waals surface area contributed by atoms with Gasteiger partial charge in [-0.1, -0.05) is 30.3 Å². The van der Waals surface area contributed by atoms with Crippen LogP contribution < -0.4 is 10.1 Å². The molecule has 1 heterocycles. The molecule has 118 valence electrons. The second-order valence-electron chi connectivity index (χ2n) is 5.24. The van der Waals surface area contributed by atoms with Crippen molar-refractivity contribution in [2.45, 2.75) is 6.17 Å². The molecule has 0 unspecified atom stereocenters. The first-order chi connectivity index (χ1) is 11.2. The van der Waals surface area contributed by atoms with E-state index in [1.165, 1.54) is 7.11 Å². The van der Waals surface area contributed by atoms with Gasteiger partial charge in [-0.2, -0.15) is 0 Å². The van der Waals surface area contributed by atoms with Crippen LogP contribution in [0.3, 0.4) is 0 Å². The summed E-state index contributed by atoms with van der Waals surface area (Å²) < 4.78 is 5.17.